The lowest BCUT2D eigenvalue weighted by molar-refractivity contribution is -0.166. The van der Waals surface area contributed by atoms with Crippen LogP contribution in [0.15, 0.2) is 84.2 Å². The highest BCUT2D eigenvalue weighted by Gasteiger charge is 2.33. The van der Waals surface area contributed by atoms with E-state index in [0.29, 0.717) is 16.2 Å². The summed E-state index contributed by atoms with van der Waals surface area (Å²) >= 11 is 7.78. The fourth-order valence-corrected chi connectivity index (χ4v) is 6.57. The average molecular weight is 639 g/mol. The molecule has 1 atom stereocenters. The maximum Gasteiger partial charge on any atom is 0.339 e. The minimum Gasteiger partial charge on any atom is -0.464 e. The number of thiazole rings is 1. The molecule has 6 aromatic rings. The van der Waals surface area contributed by atoms with Gasteiger partial charge >= 0.3 is 5.97 Å². The first-order chi connectivity index (χ1) is 21.5. The molecular weight excluding hydrogens is 608 g/mol. The summed E-state index contributed by atoms with van der Waals surface area (Å²) < 4.78 is 14.3. The van der Waals surface area contributed by atoms with Crippen molar-refractivity contribution in [1.29, 1.82) is 0 Å². The Bertz CT molecular complexity index is 2120. The Hall–Kier alpha value is -4.44. The lowest BCUT2D eigenvalue weighted by atomic mass is 9.91. The zero-order valence-corrected chi connectivity index (χ0v) is 27.1. The molecule has 0 N–H and O–H groups in total. The highest BCUT2D eigenvalue weighted by atomic mass is 35.5. The van der Waals surface area contributed by atoms with Crippen molar-refractivity contribution in [2.45, 2.75) is 46.3 Å². The van der Waals surface area contributed by atoms with Gasteiger partial charge in [0.25, 0.3) is 5.56 Å². The van der Waals surface area contributed by atoms with Gasteiger partial charge in [0.1, 0.15) is 10.8 Å². The van der Waals surface area contributed by atoms with Crippen LogP contribution in [0.3, 0.4) is 0 Å². The van der Waals surface area contributed by atoms with E-state index in [-0.39, 0.29) is 12.2 Å². The molecule has 4 heterocycles. The Morgan fingerprint density at radius 3 is 2.56 bits per heavy atom. The molecule has 0 aliphatic rings. The molecule has 0 aliphatic carbocycles. The molecule has 1 unspecified atom stereocenters. The molecule has 6 rings (SSSR count). The van der Waals surface area contributed by atoms with E-state index in [1.807, 2.05) is 76.2 Å². The molecule has 0 saturated heterocycles. The number of halogens is 1. The van der Waals surface area contributed by atoms with Crippen molar-refractivity contribution in [3.63, 3.8) is 0 Å². The van der Waals surface area contributed by atoms with E-state index in [1.54, 1.807) is 37.8 Å². The third-order valence-electron chi connectivity index (χ3n) is 7.24. The largest absolute Gasteiger partial charge is 0.464 e. The summed E-state index contributed by atoms with van der Waals surface area (Å²) in [5.41, 5.74) is 4.04. The third-order valence-corrected chi connectivity index (χ3v) is 8.63. The highest BCUT2D eigenvalue weighted by Crippen LogP contribution is 2.44. The molecule has 4 aromatic heterocycles. The van der Waals surface area contributed by atoms with Gasteiger partial charge in [-0.3, -0.25) is 14.3 Å². The molecule has 10 heteroatoms. The Morgan fingerprint density at radius 1 is 1.04 bits per heavy atom. The first kappa shape index (κ1) is 30.6. The molecule has 45 heavy (non-hydrogen) atoms. The van der Waals surface area contributed by atoms with Crippen LogP contribution in [0.1, 0.15) is 44.9 Å². The summed E-state index contributed by atoms with van der Waals surface area (Å²) in [5, 5.41) is 2.66. The lowest BCUT2D eigenvalue weighted by Crippen LogP contribution is -2.29. The van der Waals surface area contributed by atoms with Crippen molar-refractivity contribution < 1.29 is 14.3 Å². The Kier molecular flexibility index (Phi) is 8.26. The predicted molar refractivity (Wildman–Crippen MR) is 179 cm³/mol. The first-order valence-electron chi connectivity index (χ1n) is 14.5. The third kappa shape index (κ3) is 6.11. The van der Waals surface area contributed by atoms with E-state index in [9.17, 15) is 9.59 Å². The van der Waals surface area contributed by atoms with Gasteiger partial charge in [0.15, 0.2) is 6.10 Å². The van der Waals surface area contributed by atoms with Crippen LogP contribution in [0.5, 0.6) is 0 Å². The van der Waals surface area contributed by atoms with E-state index in [1.165, 1.54) is 15.9 Å². The van der Waals surface area contributed by atoms with Crippen LogP contribution in [0, 0.1) is 6.92 Å². The van der Waals surface area contributed by atoms with Crippen molar-refractivity contribution in [3.8, 4) is 27.5 Å². The van der Waals surface area contributed by atoms with Gasteiger partial charge < -0.3 is 9.47 Å². The first-order valence-corrected chi connectivity index (χ1v) is 15.7. The van der Waals surface area contributed by atoms with E-state index in [0.717, 1.165) is 48.4 Å². The molecule has 0 amide bonds. The zero-order chi connectivity index (χ0) is 31.9. The Morgan fingerprint density at radius 2 is 1.82 bits per heavy atom. The van der Waals surface area contributed by atoms with Crippen LogP contribution < -0.4 is 5.56 Å². The van der Waals surface area contributed by atoms with E-state index < -0.39 is 17.7 Å². The monoisotopic (exact) mass is 638 g/mol. The predicted octanol–water partition coefficient (Wildman–Crippen LogP) is 8.11. The molecule has 8 nitrogen and oxygen atoms in total. The number of hydrogen-bond donors (Lipinski definition) is 0. The van der Waals surface area contributed by atoms with Crippen molar-refractivity contribution in [2.24, 2.45) is 0 Å². The van der Waals surface area contributed by atoms with Crippen LogP contribution >= 0.6 is 22.9 Å². The van der Waals surface area contributed by atoms with E-state index >= 15 is 0 Å². The van der Waals surface area contributed by atoms with Gasteiger partial charge in [0.2, 0.25) is 0 Å². The zero-order valence-electron chi connectivity index (χ0n) is 25.5. The number of carbonyl (C=O) groups is 1. The van der Waals surface area contributed by atoms with Crippen LogP contribution in [0.2, 0.25) is 5.02 Å². The van der Waals surface area contributed by atoms with Crippen molar-refractivity contribution >= 4 is 49.9 Å². The summed E-state index contributed by atoms with van der Waals surface area (Å²) in [6.45, 7) is 9.71. The lowest BCUT2D eigenvalue weighted by Gasteiger charge is -2.29. The highest BCUT2D eigenvalue weighted by molar-refractivity contribution is 7.22. The number of fused-ring (bicyclic) bond motifs is 2. The molecule has 0 aliphatic heterocycles. The Balaban J connectivity index is 1.55. The van der Waals surface area contributed by atoms with Crippen molar-refractivity contribution in [1.82, 2.24) is 19.5 Å². The number of pyridine rings is 3. The molecule has 2 aromatic carbocycles. The summed E-state index contributed by atoms with van der Waals surface area (Å²) in [7, 11) is 0. The fraction of sp³-hybridized carbons (Fsp3) is 0.229. The molecule has 0 bridgehead atoms. The molecule has 228 valence electrons. The standard InChI is InChI=1S/C35H31ClN4O4S/c1-6-43-34(42)30(44-35(3,4)5)28-20(2)17-26-31(29(28)21-7-9-24(36)10-8-21)45-32(39-26)22-11-15-38-27(18-22)40-16-13-23-19-37-14-12-25(23)33(40)41/h7-19,30H,6H2,1-5H3. The number of benzene rings is 2. The van der Waals surface area contributed by atoms with E-state index in [4.69, 9.17) is 26.1 Å². The van der Waals surface area contributed by atoms with Gasteiger partial charge in [-0.05, 0) is 88.2 Å². The van der Waals surface area contributed by atoms with E-state index in [2.05, 4.69) is 9.97 Å². The quantitative estimate of drug-likeness (QED) is 0.163. The minimum absolute atomic E-state index is 0.182. The van der Waals surface area contributed by atoms with Crippen LogP contribution in [-0.2, 0) is 14.3 Å². The maximum atomic E-state index is 13.4. The van der Waals surface area contributed by atoms with Gasteiger partial charge in [-0.25, -0.2) is 14.8 Å². The topological polar surface area (TPSA) is 96.2 Å². The average Bonchev–Trinajstić information content (AvgIpc) is 3.44. The van der Waals surface area contributed by atoms with Gasteiger partial charge in [0, 0.05) is 51.9 Å². The summed E-state index contributed by atoms with van der Waals surface area (Å²) in [5.74, 6) is 0.0245. The van der Waals surface area contributed by atoms with Crippen molar-refractivity contribution in [3.05, 3.63) is 106 Å². The van der Waals surface area contributed by atoms with Gasteiger partial charge in [-0.2, -0.15) is 0 Å². The number of ether oxygens (including phenoxy) is 2. The molecule has 0 spiro atoms. The summed E-state index contributed by atoms with van der Waals surface area (Å²) in [6, 6.07) is 16.8. The second kappa shape index (κ2) is 12.2. The Labute approximate surface area is 269 Å². The molecular formula is C35H31ClN4O4S. The number of esters is 1. The fourth-order valence-electron chi connectivity index (χ4n) is 5.32. The SMILES string of the molecule is CCOC(=O)C(OC(C)(C)C)c1c(C)cc2nc(-c3ccnc(-n4ccc5cnccc5c4=O)c3)sc2c1-c1ccc(Cl)cc1. The van der Waals surface area contributed by atoms with Crippen molar-refractivity contribution in [2.75, 3.05) is 6.61 Å². The number of rotatable bonds is 7. The van der Waals surface area contributed by atoms with Gasteiger partial charge in [-0.1, -0.05) is 23.7 Å². The minimum atomic E-state index is -0.965. The summed E-state index contributed by atoms with van der Waals surface area (Å²) in [6.07, 6.45) is 5.68. The number of hydrogen-bond acceptors (Lipinski definition) is 8. The van der Waals surface area contributed by atoms with Crippen LogP contribution in [0.25, 0.3) is 48.5 Å². The van der Waals surface area contributed by atoms with Gasteiger partial charge in [-0.15, -0.1) is 11.3 Å². The smallest absolute Gasteiger partial charge is 0.339 e. The van der Waals surface area contributed by atoms with Crippen LogP contribution in [-0.4, -0.2) is 37.7 Å². The summed E-state index contributed by atoms with van der Waals surface area (Å²) in [4.78, 5) is 40.4. The number of aromatic nitrogens is 4. The number of nitrogens with zero attached hydrogens (tertiary/aromatic N) is 4. The number of aryl methyl sites for hydroxylation is 1. The maximum absolute atomic E-state index is 13.4. The number of carbonyl (C=O) groups excluding carboxylic acids is 1. The van der Waals surface area contributed by atoms with Gasteiger partial charge in [0.05, 0.1) is 27.8 Å². The second-order valence-corrected chi connectivity index (χ2v) is 13.0. The molecule has 0 fully saturated rings. The normalized spacial score (nSPS) is 12.5. The van der Waals surface area contributed by atoms with Crippen LogP contribution in [0.4, 0.5) is 0 Å². The molecule has 0 saturated carbocycles. The molecule has 0 radical (unpaired) electrons. The second-order valence-electron chi connectivity index (χ2n) is 11.6.